The van der Waals surface area contributed by atoms with E-state index < -0.39 is 5.97 Å². The van der Waals surface area contributed by atoms with E-state index in [1.807, 2.05) is 0 Å². The summed E-state index contributed by atoms with van der Waals surface area (Å²) < 4.78 is 14.4. The summed E-state index contributed by atoms with van der Waals surface area (Å²) in [5.74, 6) is -1.25. The van der Waals surface area contributed by atoms with E-state index in [1.165, 1.54) is 6.07 Å². The summed E-state index contributed by atoms with van der Waals surface area (Å²) in [6.07, 6.45) is 0. The van der Waals surface area contributed by atoms with E-state index in [2.05, 4.69) is 21.2 Å². The zero-order chi connectivity index (χ0) is 14.5. The van der Waals surface area contributed by atoms with Crippen LogP contribution in [0, 0.1) is 5.82 Å². The number of halogens is 2. The van der Waals surface area contributed by atoms with Crippen molar-refractivity contribution in [3.63, 3.8) is 0 Å². The summed E-state index contributed by atoms with van der Waals surface area (Å²) in [5.41, 5.74) is 1.47. The van der Waals surface area contributed by atoms with Crippen molar-refractivity contribution in [1.82, 2.24) is 5.32 Å². The molecule has 0 fully saturated rings. The van der Waals surface area contributed by atoms with Crippen LogP contribution in [0.5, 0.6) is 0 Å². The first kappa shape index (κ1) is 14.7. The summed E-state index contributed by atoms with van der Waals surface area (Å²) in [7, 11) is 0. The van der Waals surface area contributed by atoms with Gasteiger partial charge in [0.15, 0.2) is 0 Å². The van der Waals surface area contributed by atoms with Gasteiger partial charge in [0.2, 0.25) is 0 Å². The van der Waals surface area contributed by atoms with Crippen LogP contribution in [0.4, 0.5) is 4.39 Å². The van der Waals surface area contributed by atoms with Crippen LogP contribution < -0.4 is 5.32 Å². The highest BCUT2D eigenvalue weighted by Gasteiger charge is 2.09. The van der Waals surface area contributed by atoms with Crippen LogP contribution in [-0.4, -0.2) is 11.1 Å². The minimum Gasteiger partial charge on any atom is -0.478 e. The maximum atomic E-state index is 13.5. The van der Waals surface area contributed by atoms with Gasteiger partial charge < -0.3 is 10.4 Å². The second-order valence-corrected chi connectivity index (χ2v) is 5.22. The van der Waals surface area contributed by atoms with Crippen LogP contribution in [0.3, 0.4) is 0 Å². The average molecular weight is 338 g/mol. The van der Waals surface area contributed by atoms with Gasteiger partial charge >= 0.3 is 5.97 Å². The molecule has 0 aliphatic carbocycles. The largest absolute Gasteiger partial charge is 0.478 e. The molecule has 0 spiro atoms. The Hall–Kier alpha value is -1.72. The molecule has 104 valence electrons. The maximum Gasteiger partial charge on any atom is 0.336 e. The van der Waals surface area contributed by atoms with E-state index in [0.29, 0.717) is 24.2 Å². The number of carbonyl (C=O) groups is 1. The van der Waals surface area contributed by atoms with Gasteiger partial charge in [0.05, 0.1) is 5.56 Å². The highest BCUT2D eigenvalue weighted by molar-refractivity contribution is 9.10. The predicted octanol–water partition coefficient (Wildman–Crippen LogP) is 3.58. The lowest BCUT2D eigenvalue weighted by Crippen LogP contribution is -2.16. The van der Waals surface area contributed by atoms with Crippen molar-refractivity contribution in [3.8, 4) is 0 Å². The molecule has 3 nitrogen and oxygen atoms in total. The minimum absolute atomic E-state index is 0.259. The lowest BCUT2D eigenvalue weighted by molar-refractivity contribution is 0.0695. The van der Waals surface area contributed by atoms with E-state index in [-0.39, 0.29) is 11.4 Å². The van der Waals surface area contributed by atoms with E-state index in [1.54, 1.807) is 36.4 Å². The Labute approximate surface area is 124 Å². The number of hydrogen-bond donors (Lipinski definition) is 2. The van der Waals surface area contributed by atoms with Crippen molar-refractivity contribution in [2.75, 3.05) is 0 Å². The first-order valence-electron chi connectivity index (χ1n) is 6.04. The normalized spacial score (nSPS) is 10.5. The molecule has 0 aliphatic rings. The van der Waals surface area contributed by atoms with Crippen molar-refractivity contribution < 1.29 is 14.3 Å². The summed E-state index contributed by atoms with van der Waals surface area (Å²) in [6.45, 7) is 0.702. The highest BCUT2D eigenvalue weighted by atomic mass is 79.9. The summed E-state index contributed by atoms with van der Waals surface area (Å²) >= 11 is 3.29. The molecule has 0 atom stereocenters. The van der Waals surface area contributed by atoms with Gasteiger partial charge in [-0.25, -0.2) is 9.18 Å². The van der Waals surface area contributed by atoms with Crippen LogP contribution in [0.25, 0.3) is 0 Å². The third-order valence-corrected chi connectivity index (χ3v) is 3.38. The fourth-order valence-corrected chi connectivity index (χ4v) is 2.30. The van der Waals surface area contributed by atoms with E-state index in [4.69, 9.17) is 5.11 Å². The van der Waals surface area contributed by atoms with Gasteiger partial charge in [-0.05, 0) is 29.8 Å². The third kappa shape index (κ3) is 3.65. The first-order valence-corrected chi connectivity index (χ1v) is 6.83. The first-order chi connectivity index (χ1) is 9.58. The summed E-state index contributed by atoms with van der Waals surface area (Å²) in [4.78, 5) is 11.1. The van der Waals surface area contributed by atoms with E-state index >= 15 is 0 Å². The molecule has 0 bridgehead atoms. The molecule has 20 heavy (non-hydrogen) atoms. The molecular weight excluding hydrogens is 325 g/mol. The van der Waals surface area contributed by atoms with E-state index in [9.17, 15) is 9.18 Å². The van der Waals surface area contributed by atoms with Crippen molar-refractivity contribution >= 4 is 21.9 Å². The SMILES string of the molecule is O=C(O)c1ccccc1CNCc1cc(Br)ccc1F. The summed E-state index contributed by atoms with van der Waals surface area (Å²) in [6, 6.07) is 11.5. The van der Waals surface area contributed by atoms with Crippen LogP contribution in [0.15, 0.2) is 46.9 Å². The van der Waals surface area contributed by atoms with Crippen molar-refractivity contribution in [2.24, 2.45) is 0 Å². The molecule has 0 aromatic heterocycles. The molecular formula is C15H13BrFNO2. The predicted molar refractivity (Wildman–Crippen MR) is 78.0 cm³/mol. The van der Waals surface area contributed by atoms with Gasteiger partial charge in [0, 0.05) is 23.1 Å². The molecule has 2 aromatic rings. The smallest absolute Gasteiger partial charge is 0.336 e. The van der Waals surface area contributed by atoms with Crippen LogP contribution in [0.2, 0.25) is 0 Å². The molecule has 0 heterocycles. The number of aromatic carboxylic acids is 1. The quantitative estimate of drug-likeness (QED) is 0.876. The molecule has 0 unspecified atom stereocenters. The number of benzene rings is 2. The number of carboxylic acid groups (broad SMARTS) is 1. The summed E-state index contributed by atoms with van der Waals surface area (Å²) in [5, 5.41) is 12.1. The lowest BCUT2D eigenvalue weighted by Gasteiger charge is -2.09. The zero-order valence-corrected chi connectivity index (χ0v) is 12.2. The Morgan fingerprint density at radius 2 is 1.85 bits per heavy atom. The van der Waals surface area contributed by atoms with Crippen LogP contribution in [0.1, 0.15) is 21.5 Å². The lowest BCUT2D eigenvalue weighted by atomic mass is 10.1. The third-order valence-electron chi connectivity index (χ3n) is 2.89. The van der Waals surface area contributed by atoms with E-state index in [0.717, 1.165) is 4.47 Å². The molecule has 2 N–H and O–H groups in total. The van der Waals surface area contributed by atoms with Crippen molar-refractivity contribution in [3.05, 3.63) is 69.4 Å². The average Bonchev–Trinajstić information content (AvgIpc) is 2.43. The second kappa shape index (κ2) is 6.63. The monoisotopic (exact) mass is 337 g/mol. The maximum absolute atomic E-state index is 13.5. The Balaban J connectivity index is 2.03. The van der Waals surface area contributed by atoms with Crippen molar-refractivity contribution in [2.45, 2.75) is 13.1 Å². The van der Waals surface area contributed by atoms with Crippen molar-refractivity contribution in [1.29, 1.82) is 0 Å². The number of rotatable bonds is 5. The molecule has 2 aromatic carbocycles. The number of nitrogens with one attached hydrogen (secondary N) is 1. The fourth-order valence-electron chi connectivity index (χ4n) is 1.89. The van der Waals surface area contributed by atoms with Gasteiger partial charge in [-0.1, -0.05) is 34.1 Å². The zero-order valence-electron chi connectivity index (χ0n) is 10.6. The van der Waals surface area contributed by atoms with Gasteiger partial charge in [-0.15, -0.1) is 0 Å². The molecule has 0 saturated heterocycles. The number of carboxylic acids is 1. The van der Waals surface area contributed by atoms with Gasteiger partial charge in [0.25, 0.3) is 0 Å². The van der Waals surface area contributed by atoms with Crippen LogP contribution >= 0.6 is 15.9 Å². The molecule has 0 amide bonds. The molecule has 5 heteroatoms. The van der Waals surface area contributed by atoms with Crippen LogP contribution in [-0.2, 0) is 13.1 Å². The molecule has 0 saturated carbocycles. The standard InChI is InChI=1S/C15H13BrFNO2/c16-12-5-6-14(17)11(7-12)9-18-8-10-3-1-2-4-13(10)15(19)20/h1-7,18H,8-9H2,(H,19,20). The Morgan fingerprint density at radius 3 is 2.60 bits per heavy atom. The minimum atomic E-state index is -0.962. The fraction of sp³-hybridized carbons (Fsp3) is 0.133. The number of hydrogen-bond acceptors (Lipinski definition) is 2. The second-order valence-electron chi connectivity index (χ2n) is 4.30. The Kier molecular flexibility index (Phi) is 4.87. The Bertz CT molecular complexity index is 631. The van der Waals surface area contributed by atoms with Gasteiger partial charge in [-0.3, -0.25) is 0 Å². The Morgan fingerprint density at radius 1 is 1.15 bits per heavy atom. The van der Waals surface area contributed by atoms with Gasteiger partial charge in [-0.2, -0.15) is 0 Å². The molecule has 0 radical (unpaired) electrons. The molecule has 0 aliphatic heterocycles. The topological polar surface area (TPSA) is 49.3 Å². The molecule has 2 rings (SSSR count). The highest BCUT2D eigenvalue weighted by Crippen LogP contribution is 2.16. The van der Waals surface area contributed by atoms with Gasteiger partial charge in [0.1, 0.15) is 5.82 Å².